The van der Waals surface area contributed by atoms with E-state index in [-0.39, 0.29) is 11.9 Å². The number of hydrogen-bond acceptors (Lipinski definition) is 3. The number of para-hydroxylation sites is 1. The van der Waals surface area contributed by atoms with E-state index in [0.717, 1.165) is 41.6 Å². The highest BCUT2D eigenvalue weighted by Gasteiger charge is 2.15. The van der Waals surface area contributed by atoms with Gasteiger partial charge in [0, 0.05) is 23.9 Å². The third-order valence-corrected chi connectivity index (χ3v) is 3.55. The van der Waals surface area contributed by atoms with Crippen LogP contribution in [0.2, 0.25) is 0 Å². The summed E-state index contributed by atoms with van der Waals surface area (Å²) in [6.45, 7) is 4.53. The lowest BCUT2D eigenvalue weighted by molar-refractivity contribution is -0.119. The van der Waals surface area contributed by atoms with Crippen LogP contribution in [0.15, 0.2) is 28.7 Å². The van der Waals surface area contributed by atoms with Crippen LogP contribution in [0.1, 0.15) is 38.0 Å². The molecule has 0 fully saturated rings. The number of primary amides is 1. The van der Waals surface area contributed by atoms with Gasteiger partial charge in [-0.25, -0.2) is 0 Å². The fourth-order valence-electron chi connectivity index (χ4n) is 2.24. The van der Waals surface area contributed by atoms with E-state index in [1.807, 2.05) is 18.2 Å². The van der Waals surface area contributed by atoms with Crippen LogP contribution in [-0.4, -0.2) is 11.9 Å². The molecule has 0 radical (unpaired) electrons. The molecule has 1 unspecified atom stereocenters. The molecule has 3 N–H and O–H groups in total. The summed E-state index contributed by atoms with van der Waals surface area (Å²) in [5.74, 6) is 0.671. The van der Waals surface area contributed by atoms with Crippen molar-refractivity contribution in [3.05, 3.63) is 35.6 Å². The van der Waals surface area contributed by atoms with Crippen molar-refractivity contribution in [1.82, 2.24) is 5.32 Å². The van der Waals surface area contributed by atoms with Gasteiger partial charge in [-0.1, -0.05) is 31.5 Å². The van der Waals surface area contributed by atoms with Gasteiger partial charge in [0.25, 0.3) is 0 Å². The number of unbranched alkanes of at least 4 members (excludes halogenated alkanes) is 1. The van der Waals surface area contributed by atoms with Crippen LogP contribution in [0.3, 0.4) is 0 Å². The van der Waals surface area contributed by atoms with Crippen LogP contribution < -0.4 is 11.1 Å². The second-order valence-electron chi connectivity index (χ2n) is 5.11. The minimum atomic E-state index is -0.345. The van der Waals surface area contributed by atoms with Gasteiger partial charge in [-0.05, 0) is 19.4 Å². The number of hydrogen-bond donors (Lipinski definition) is 2. The number of nitrogens with two attached hydrogens (primary N) is 1. The Kier molecular flexibility index (Phi) is 4.79. The fourth-order valence-corrected chi connectivity index (χ4v) is 2.24. The summed E-state index contributed by atoms with van der Waals surface area (Å²) < 4.78 is 5.94. The number of rotatable bonds is 7. The van der Waals surface area contributed by atoms with Crippen molar-refractivity contribution in [2.24, 2.45) is 5.73 Å². The number of benzene rings is 1. The summed E-state index contributed by atoms with van der Waals surface area (Å²) in [7, 11) is 0. The summed E-state index contributed by atoms with van der Waals surface area (Å²) in [5.41, 5.74) is 7.33. The minimum Gasteiger partial charge on any atom is -0.461 e. The van der Waals surface area contributed by atoms with Gasteiger partial charge in [0.05, 0.1) is 6.04 Å². The lowest BCUT2D eigenvalue weighted by Gasteiger charge is -2.10. The van der Waals surface area contributed by atoms with E-state index in [2.05, 4.69) is 18.3 Å². The standard InChI is InChI=1S/C16H22N2O2/c1-3-4-8-15-13(10-18-11(2)16(17)19)12-7-5-6-9-14(12)20-15/h5-7,9,11,18H,3-4,8,10H2,1-2H3,(H2,17,19). The van der Waals surface area contributed by atoms with Crippen LogP contribution >= 0.6 is 0 Å². The number of nitrogens with one attached hydrogen (secondary N) is 1. The third-order valence-electron chi connectivity index (χ3n) is 3.55. The summed E-state index contributed by atoms with van der Waals surface area (Å²) in [6, 6.07) is 7.66. The first kappa shape index (κ1) is 14.6. The Balaban J connectivity index is 2.25. The normalized spacial score (nSPS) is 12.7. The van der Waals surface area contributed by atoms with Crippen molar-refractivity contribution >= 4 is 16.9 Å². The molecule has 4 nitrogen and oxygen atoms in total. The molecule has 0 aliphatic carbocycles. The van der Waals surface area contributed by atoms with Crippen molar-refractivity contribution in [2.75, 3.05) is 0 Å². The maximum absolute atomic E-state index is 11.1. The Morgan fingerprint density at radius 2 is 2.15 bits per heavy atom. The molecule has 1 atom stereocenters. The molecule has 0 bridgehead atoms. The minimum absolute atomic E-state index is 0.340. The molecule has 0 aliphatic heterocycles. The summed E-state index contributed by atoms with van der Waals surface area (Å²) >= 11 is 0. The highest BCUT2D eigenvalue weighted by atomic mass is 16.3. The molecule has 0 aliphatic rings. The van der Waals surface area contributed by atoms with Gasteiger partial charge in [0.2, 0.25) is 5.91 Å². The fraction of sp³-hybridized carbons (Fsp3) is 0.438. The van der Waals surface area contributed by atoms with Gasteiger partial charge < -0.3 is 15.5 Å². The van der Waals surface area contributed by atoms with Gasteiger partial charge in [0.15, 0.2) is 0 Å². The molecule has 0 saturated heterocycles. The van der Waals surface area contributed by atoms with E-state index >= 15 is 0 Å². The smallest absolute Gasteiger partial charge is 0.234 e. The van der Waals surface area contributed by atoms with E-state index in [4.69, 9.17) is 10.2 Å². The molecule has 2 aromatic rings. The lowest BCUT2D eigenvalue weighted by Crippen LogP contribution is -2.38. The summed E-state index contributed by atoms with van der Waals surface area (Å²) in [4.78, 5) is 11.1. The number of carbonyl (C=O) groups excluding carboxylic acids is 1. The number of aryl methyl sites for hydroxylation is 1. The first-order valence-electron chi connectivity index (χ1n) is 7.15. The third kappa shape index (κ3) is 3.20. The molecule has 1 aromatic heterocycles. The van der Waals surface area contributed by atoms with Crippen LogP contribution in [0.25, 0.3) is 11.0 Å². The molecule has 1 amide bonds. The predicted molar refractivity (Wildman–Crippen MR) is 80.3 cm³/mol. The van der Waals surface area contributed by atoms with Crippen molar-refractivity contribution in [1.29, 1.82) is 0 Å². The number of carbonyl (C=O) groups is 1. The second kappa shape index (κ2) is 6.57. The van der Waals surface area contributed by atoms with Gasteiger partial charge in [-0.2, -0.15) is 0 Å². The first-order valence-corrected chi connectivity index (χ1v) is 7.15. The maximum atomic E-state index is 11.1. The van der Waals surface area contributed by atoms with E-state index in [1.54, 1.807) is 6.92 Å². The Morgan fingerprint density at radius 1 is 1.40 bits per heavy atom. The van der Waals surface area contributed by atoms with Gasteiger partial charge in [0.1, 0.15) is 11.3 Å². The van der Waals surface area contributed by atoms with Crippen molar-refractivity contribution in [2.45, 2.75) is 45.7 Å². The largest absolute Gasteiger partial charge is 0.461 e. The predicted octanol–water partition coefficient (Wildman–Crippen LogP) is 2.74. The molecule has 108 valence electrons. The average molecular weight is 274 g/mol. The second-order valence-corrected chi connectivity index (χ2v) is 5.11. The van der Waals surface area contributed by atoms with E-state index in [1.165, 1.54) is 0 Å². The van der Waals surface area contributed by atoms with E-state index < -0.39 is 0 Å². The summed E-state index contributed by atoms with van der Waals surface area (Å²) in [6.07, 6.45) is 3.15. The molecule has 2 rings (SSSR count). The highest BCUT2D eigenvalue weighted by molar-refractivity contribution is 5.82. The zero-order chi connectivity index (χ0) is 14.5. The Labute approximate surface area is 119 Å². The molecule has 0 saturated carbocycles. The Hall–Kier alpha value is -1.81. The topological polar surface area (TPSA) is 68.3 Å². The Bertz CT molecular complexity index is 589. The Morgan fingerprint density at radius 3 is 2.85 bits per heavy atom. The summed E-state index contributed by atoms with van der Waals surface area (Å²) in [5, 5.41) is 4.27. The van der Waals surface area contributed by atoms with Crippen LogP contribution in [0.4, 0.5) is 0 Å². The van der Waals surface area contributed by atoms with Gasteiger partial charge in [-0.15, -0.1) is 0 Å². The van der Waals surface area contributed by atoms with Crippen LogP contribution in [0.5, 0.6) is 0 Å². The first-order chi connectivity index (χ1) is 9.63. The van der Waals surface area contributed by atoms with Crippen LogP contribution in [-0.2, 0) is 17.8 Å². The molecule has 4 heteroatoms. The molecule has 20 heavy (non-hydrogen) atoms. The van der Waals surface area contributed by atoms with Gasteiger partial charge in [-0.3, -0.25) is 4.79 Å². The van der Waals surface area contributed by atoms with Crippen molar-refractivity contribution in [3.8, 4) is 0 Å². The molecular weight excluding hydrogens is 252 g/mol. The number of amides is 1. The van der Waals surface area contributed by atoms with E-state index in [0.29, 0.717) is 6.54 Å². The lowest BCUT2D eigenvalue weighted by atomic mass is 10.1. The molecule has 1 heterocycles. The monoisotopic (exact) mass is 274 g/mol. The quantitative estimate of drug-likeness (QED) is 0.815. The molecule has 1 aromatic carbocycles. The van der Waals surface area contributed by atoms with Gasteiger partial charge >= 0.3 is 0 Å². The SMILES string of the molecule is CCCCc1oc2ccccc2c1CNC(C)C(N)=O. The average Bonchev–Trinajstić information content (AvgIpc) is 2.80. The van der Waals surface area contributed by atoms with E-state index in [9.17, 15) is 4.79 Å². The number of furan rings is 1. The van der Waals surface area contributed by atoms with Crippen LogP contribution in [0, 0.1) is 0 Å². The maximum Gasteiger partial charge on any atom is 0.234 e. The zero-order valence-electron chi connectivity index (χ0n) is 12.1. The molecule has 0 spiro atoms. The van der Waals surface area contributed by atoms with Crippen molar-refractivity contribution in [3.63, 3.8) is 0 Å². The highest BCUT2D eigenvalue weighted by Crippen LogP contribution is 2.27. The number of fused-ring (bicyclic) bond motifs is 1. The zero-order valence-corrected chi connectivity index (χ0v) is 12.1. The van der Waals surface area contributed by atoms with Crippen molar-refractivity contribution < 1.29 is 9.21 Å². The molecular formula is C16H22N2O2.